The first kappa shape index (κ1) is 14.1. The second-order valence-electron chi connectivity index (χ2n) is 4.88. The van der Waals surface area contributed by atoms with Crippen LogP contribution in [0.3, 0.4) is 0 Å². The van der Waals surface area contributed by atoms with Crippen molar-refractivity contribution in [1.29, 1.82) is 0 Å². The van der Waals surface area contributed by atoms with Crippen LogP contribution in [0.1, 0.15) is 19.8 Å². The van der Waals surface area contributed by atoms with Gasteiger partial charge in [-0.05, 0) is 37.1 Å². The fourth-order valence-electron chi connectivity index (χ4n) is 2.39. The number of nitrogens with zero attached hydrogens (tertiary/aromatic N) is 1. The summed E-state index contributed by atoms with van der Waals surface area (Å²) in [4.78, 5) is 13.4. The first-order chi connectivity index (χ1) is 9.06. The highest BCUT2D eigenvalue weighted by Gasteiger charge is 2.20. The van der Waals surface area contributed by atoms with Crippen LogP contribution in [0.5, 0.6) is 0 Å². The van der Waals surface area contributed by atoms with Gasteiger partial charge >= 0.3 is 0 Å². The van der Waals surface area contributed by atoms with Crippen molar-refractivity contribution in [2.75, 3.05) is 23.7 Å². The lowest BCUT2D eigenvalue weighted by atomic mass is 9.99. The van der Waals surface area contributed by atoms with Gasteiger partial charge in [0.15, 0.2) is 9.84 Å². The van der Waals surface area contributed by atoms with Crippen LogP contribution in [0.25, 0.3) is 0 Å². The summed E-state index contributed by atoms with van der Waals surface area (Å²) in [7, 11) is -3.14. The molecule has 1 aliphatic rings. The minimum Gasteiger partial charge on any atom is -0.371 e. The van der Waals surface area contributed by atoms with E-state index in [-0.39, 0.29) is 11.7 Å². The summed E-state index contributed by atoms with van der Waals surface area (Å²) >= 11 is 0. The maximum atomic E-state index is 11.7. The topological polar surface area (TPSA) is 54.5 Å². The van der Waals surface area contributed by atoms with Gasteiger partial charge in [0.25, 0.3) is 0 Å². The zero-order chi connectivity index (χ0) is 13.9. The molecule has 104 valence electrons. The monoisotopic (exact) mass is 281 g/mol. The molecule has 1 aromatic rings. The Kier molecular flexibility index (Phi) is 4.24. The van der Waals surface area contributed by atoms with E-state index in [0.29, 0.717) is 4.90 Å². The quantitative estimate of drug-likeness (QED) is 0.791. The minimum absolute atomic E-state index is 0.0906. The fraction of sp³-hybridized carbons (Fsp3) is 0.500. The van der Waals surface area contributed by atoms with Gasteiger partial charge in [0.05, 0.1) is 10.6 Å². The molecule has 0 aromatic heterocycles. The van der Waals surface area contributed by atoms with Crippen molar-refractivity contribution in [3.05, 3.63) is 24.3 Å². The molecule has 0 spiro atoms. The van der Waals surface area contributed by atoms with Crippen LogP contribution in [0, 0.1) is 5.92 Å². The molecule has 0 saturated carbocycles. The molecule has 1 unspecified atom stereocenters. The van der Waals surface area contributed by atoms with Crippen LogP contribution in [0.15, 0.2) is 29.2 Å². The molecule has 0 N–H and O–H groups in total. The number of rotatable bonds is 4. The van der Waals surface area contributed by atoms with E-state index in [9.17, 15) is 13.2 Å². The molecule has 1 atom stereocenters. The first-order valence-electron chi connectivity index (χ1n) is 6.60. The third-order valence-corrected chi connectivity index (χ3v) is 5.34. The molecule has 5 heteroatoms. The number of piperidine rings is 1. The molecule has 1 aliphatic heterocycles. The summed E-state index contributed by atoms with van der Waals surface area (Å²) < 4.78 is 23.5. The van der Waals surface area contributed by atoms with Crippen LogP contribution >= 0.6 is 0 Å². The minimum atomic E-state index is -3.14. The lowest BCUT2D eigenvalue weighted by Crippen LogP contribution is -2.35. The van der Waals surface area contributed by atoms with Crippen LogP contribution in [0.4, 0.5) is 5.69 Å². The lowest BCUT2D eigenvalue weighted by molar-refractivity contribution is -0.111. The van der Waals surface area contributed by atoms with Crippen molar-refractivity contribution in [1.82, 2.24) is 0 Å². The van der Waals surface area contributed by atoms with E-state index in [4.69, 9.17) is 0 Å². The summed E-state index contributed by atoms with van der Waals surface area (Å²) in [5, 5.41) is 0. The van der Waals surface area contributed by atoms with Gasteiger partial charge in [0, 0.05) is 24.7 Å². The number of hydrogen-bond acceptors (Lipinski definition) is 4. The third kappa shape index (κ3) is 3.15. The van der Waals surface area contributed by atoms with Gasteiger partial charge in [0.2, 0.25) is 0 Å². The summed E-state index contributed by atoms with van der Waals surface area (Å²) in [5.41, 5.74) is 0.988. The highest BCUT2D eigenvalue weighted by atomic mass is 32.2. The van der Waals surface area contributed by atoms with E-state index in [2.05, 4.69) is 4.90 Å². The predicted molar refractivity (Wildman–Crippen MR) is 75.2 cm³/mol. The van der Waals surface area contributed by atoms with Crippen LogP contribution in [0.2, 0.25) is 0 Å². The van der Waals surface area contributed by atoms with E-state index in [0.717, 1.165) is 37.9 Å². The second-order valence-corrected chi connectivity index (χ2v) is 7.16. The second kappa shape index (κ2) is 5.74. The Labute approximate surface area is 114 Å². The SMILES string of the molecule is CCS(=O)(=O)c1ccc(N2CCCC(C=O)C2)cc1. The maximum Gasteiger partial charge on any atom is 0.178 e. The molecule has 0 amide bonds. The standard InChI is InChI=1S/C14H19NO3S/c1-2-19(17,18)14-7-5-13(6-8-14)15-9-3-4-12(10-15)11-16/h5-8,11-12H,2-4,9-10H2,1H3. The van der Waals surface area contributed by atoms with Crippen molar-refractivity contribution in [2.45, 2.75) is 24.7 Å². The zero-order valence-corrected chi connectivity index (χ0v) is 11.9. The van der Waals surface area contributed by atoms with Crippen molar-refractivity contribution >= 4 is 21.8 Å². The number of hydrogen-bond donors (Lipinski definition) is 0. The molecule has 1 saturated heterocycles. The average Bonchev–Trinajstić information content (AvgIpc) is 2.47. The fourth-order valence-corrected chi connectivity index (χ4v) is 3.27. The lowest BCUT2D eigenvalue weighted by Gasteiger charge is -2.32. The number of carbonyl (C=O) groups is 1. The Balaban J connectivity index is 2.16. The summed E-state index contributed by atoms with van der Waals surface area (Å²) in [6.07, 6.45) is 2.96. The number of aldehydes is 1. The van der Waals surface area contributed by atoms with Crippen LogP contribution in [-0.2, 0) is 14.6 Å². The predicted octanol–water partition coefficient (Wildman–Crippen LogP) is 1.90. The maximum absolute atomic E-state index is 11.7. The smallest absolute Gasteiger partial charge is 0.178 e. The zero-order valence-electron chi connectivity index (χ0n) is 11.1. The van der Waals surface area contributed by atoms with Crippen LogP contribution < -0.4 is 4.90 Å². The van der Waals surface area contributed by atoms with Crippen molar-refractivity contribution < 1.29 is 13.2 Å². The largest absolute Gasteiger partial charge is 0.371 e. The van der Waals surface area contributed by atoms with E-state index in [1.807, 2.05) is 12.1 Å². The van der Waals surface area contributed by atoms with Gasteiger partial charge in [-0.15, -0.1) is 0 Å². The van der Waals surface area contributed by atoms with E-state index < -0.39 is 9.84 Å². The highest BCUT2D eigenvalue weighted by Crippen LogP contribution is 2.24. The Bertz CT molecular complexity index is 536. The molecule has 0 bridgehead atoms. The number of benzene rings is 1. The normalized spacial score (nSPS) is 20.3. The number of anilines is 1. The van der Waals surface area contributed by atoms with E-state index in [1.54, 1.807) is 19.1 Å². The van der Waals surface area contributed by atoms with Gasteiger partial charge < -0.3 is 9.69 Å². The summed E-state index contributed by atoms with van der Waals surface area (Å²) in [5.74, 6) is 0.205. The molecule has 1 heterocycles. The first-order valence-corrected chi connectivity index (χ1v) is 8.25. The van der Waals surface area contributed by atoms with Gasteiger partial charge in [-0.2, -0.15) is 0 Å². The number of carbonyl (C=O) groups excluding carboxylic acids is 1. The van der Waals surface area contributed by atoms with Crippen molar-refractivity contribution in [3.8, 4) is 0 Å². The molecule has 1 fully saturated rings. The highest BCUT2D eigenvalue weighted by molar-refractivity contribution is 7.91. The molecule has 19 heavy (non-hydrogen) atoms. The summed E-state index contributed by atoms with van der Waals surface area (Å²) in [6, 6.07) is 6.96. The van der Waals surface area contributed by atoms with Crippen molar-refractivity contribution in [3.63, 3.8) is 0 Å². The van der Waals surface area contributed by atoms with Gasteiger partial charge in [-0.25, -0.2) is 8.42 Å². The molecular weight excluding hydrogens is 262 g/mol. The van der Waals surface area contributed by atoms with Gasteiger partial charge in [-0.3, -0.25) is 0 Å². The molecular formula is C14H19NO3S. The molecule has 1 aromatic carbocycles. The van der Waals surface area contributed by atoms with Crippen LogP contribution in [-0.4, -0.2) is 33.5 Å². The summed E-state index contributed by atoms with van der Waals surface area (Å²) in [6.45, 7) is 3.29. The third-order valence-electron chi connectivity index (χ3n) is 3.59. The average molecular weight is 281 g/mol. The Morgan fingerprint density at radius 1 is 1.32 bits per heavy atom. The Hall–Kier alpha value is -1.36. The van der Waals surface area contributed by atoms with Gasteiger partial charge in [-0.1, -0.05) is 6.92 Å². The number of sulfone groups is 1. The Morgan fingerprint density at radius 2 is 2.00 bits per heavy atom. The Morgan fingerprint density at radius 3 is 2.58 bits per heavy atom. The molecule has 0 radical (unpaired) electrons. The van der Waals surface area contributed by atoms with Crippen molar-refractivity contribution in [2.24, 2.45) is 5.92 Å². The molecule has 0 aliphatic carbocycles. The van der Waals surface area contributed by atoms with E-state index in [1.165, 1.54) is 0 Å². The molecule has 4 nitrogen and oxygen atoms in total. The molecule has 2 rings (SSSR count). The van der Waals surface area contributed by atoms with E-state index >= 15 is 0 Å². The van der Waals surface area contributed by atoms with Gasteiger partial charge in [0.1, 0.15) is 6.29 Å².